The van der Waals surface area contributed by atoms with Crippen molar-refractivity contribution >= 4 is 100 Å². The fraction of sp³-hybridized carbons (Fsp3) is 0.819. The van der Waals surface area contributed by atoms with Crippen LogP contribution in [-0.2, 0) is 81.5 Å². The molecule has 41 heteroatoms. The molecular formula is C94H180N24O17. The monoisotopic (exact) mass is 1920 g/mol. The number of unbranched alkanes of at least 4 members (excludes halogenated alkanes) is 6. The van der Waals surface area contributed by atoms with Gasteiger partial charge in [-0.05, 0) is 266 Å². The SMILES string of the molecule is CC(C)C[C@H](NC(=O)[C@H](CC(C)C)NC(=O)[C@@H](CCCCN)NC(=O)[C@H](CC(C)C)NC(=O)[C@H](CC(C)C)NC(=O)[C@H](CCCCN)NC(=O)[C@@H](CCCCN)NC(=O)[C@@H](CC(C)C)NC(=O)[C@H](CC(C)C)NC(=O)[C@@H](CCCCN)NC(=O)[C@H](CCCCN)NC(=O)[C@H](CC(C)C)NC(=O)[C@@H](CC(C)C)NC(=O)[C@H](CCCCN)NC(=O)[C@H](CC(C)C)NC(=O)CNC(=O)CN)C(N)=O. The van der Waals surface area contributed by atoms with Gasteiger partial charge in [0.2, 0.25) is 100 Å². The van der Waals surface area contributed by atoms with E-state index in [1.165, 1.54) is 0 Å². The molecule has 15 atom stereocenters. The predicted octanol–water partition coefficient (Wildman–Crippen LogP) is 0.00750. The highest BCUT2D eigenvalue weighted by Gasteiger charge is 2.40. The summed E-state index contributed by atoms with van der Waals surface area (Å²) in [5.74, 6) is -14.0. The highest BCUT2D eigenvalue weighted by atomic mass is 16.2. The largest absolute Gasteiger partial charge is 0.368 e. The molecule has 0 radical (unpaired) electrons. The van der Waals surface area contributed by atoms with Gasteiger partial charge in [-0.2, -0.15) is 0 Å². The Balaban J connectivity index is 7.52. The second kappa shape index (κ2) is 70.4. The number of carbonyl (C=O) groups is 17. The van der Waals surface area contributed by atoms with Crippen LogP contribution in [0.3, 0.4) is 0 Å². The van der Waals surface area contributed by atoms with Crippen molar-refractivity contribution in [1.82, 2.24) is 85.1 Å². The van der Waals surface area contributed by atoms with E-state index in [0.29, 0.717) is 77.0 Å². The van der Waals surface area contributed by atoms with Gasteiger partial charge >= 0.3 is 0 Å². The normalized spacial score (nSPS) is 14.9. The molecule has 0 rings (SSSR count). The zero-order valence-electron chi connectivity index (χ0n) is 84.7. The summed E-state index contributed by atoms with van der Waals surface area (Å²) in [6.45, 7) is 33.6. The first-order valence-electron chi connectivity index (χ1n) is 49.5. The molecule has 32 N–H and O–H groups in total. The smallest absolute Gasteiger partial charge is 0.243 e. The van der Waals surface area contributed by atoms with Gasteiger partial charge in [0.15, 0.2) is 0 Å². The van der Waals surface area contributed by atoms with Gasteiger partial charge in [-0.15, -0.1) is 0 Å². The quantitative estimate of drug-likeness (QED) is 0.0357. The lowest BCUT2D eigenvalue weighted by Gasteiger charge is -2.30. The first-order chi connectivity index (χ1) is 63.5. The van der Waals surface area contributed by atoms with Crippen molar-refractivity contribution in [2.45, 2.75) is 389 Å². The van der Waals surface area contributed by atoms with Gasteiger partial charge in [-0.25, -0.2) is 0 Å². The fourth-order valence-corrected chi connectivity index (χ4v) is 15.2. The molecule has 0 heterocycles. The lowest BCUT2D eigenvalue weighted by molar-refractivity contribution is -0.137. The van der Waals surface area contributed by atoms with Crippen molar-refractivity contribution in [3.05, 3.63) is 0 Å². The zero-order chi connectivity index (χ0) is 103. The number of carbonyl (C=O) groups excluding carboxylic acids is 17. The summed E-state index contributed by atoms with van der Waals surface area (Å²) in [4.78, 5) is 242. The lowest BCUT2D eigenvalue weighted by Crippen LogP contribution is -2.61. The minimum Gasteiger partial charge on any atom is -0.368 e. The third kappa shape index (κ3) is 55.6. The Morgan fingerprint density at radius 2 is 0.311 bits per heavy atom. The van der Waals surface area contributed by atoms with Gasteiger partial charge < -0.3 is 131 Å². The molecule has 0 aromatic rings. The number of nitrogens with two attached hydrogens (primary N) is 8. The maximum atomic E-state index is 15.0. The van der Waals surface area contributed by atoms with Crippen LogP contribution in [0.4, 0.5) is 0 Å². The van der Waals surface area contributed by atoms with E-state index in [4.69, 9.17) is 45.9 Å². The van der Waals surface area contributed by atoms with E-state index in [2.05, 4.69) is 85.1 Å². The topological polar surface area (TPSA) is 691 Å². The number of hydrogen-bond donors (Lipinski definition) is 24. The van der Waals surface area contributed by atoms with Crippen LogP contribution < -0.4 is 131 Å². The second-order valence-electron chi connectivity index (χ2n) is 39.7. The third-order valence-corrected chi connectivity index (χ3v) is 22.2. The van der Waals surface area contributed by atoms with Gasteiger partial charge in [0.25, 0.3) is 0 Å². The summed E-state index contributed by atoms with van der Waals surface area (Å²) in [5.41, 5.74) is 46.6. The number of nitrogens with one attached hydrogen (secondary N) is 16. The summed E-state index contributed by atoms with van der Waals surface area (Å²) >= 11 is 0. The van der Waals surface area contributed by atoms with E-state index >= 15 is 0 Å². The Kier molecular flexibility index (Phi) is 65.5. The molecule has 0 saturated heterocycles. The van der Waals surface area contributed by atoms with Crippen LogP contribution in [0.1, 0.15) is 298 Å². The minimum absolute atomic E-state index is 0.00454. The zero-order valence-corrected chi connectivity index (χ0v) is 84.7. The predicted molar refractivity (Wildman–Crippen MR) is 523 cm³/mol. The molecular weight excluding hydrogens is 1740 g/mol. The Morgan fingerprint density at radius 1 is 0.178 bits per heavy atom. The number of primary amides is 1. The molecule has 778 valence electrons. The Labute approximate surface area is 803 Å². The first kappa shape index (κ1) is 126. The minimum atomic E-state index is -1.34. The van der Waals surface area contributed by atoms with E-state index in [1.807, 2.05) is 125 Å². The Morgan fingerprint density at radius 3 is 0.452 bits per heavy atom. The highest BCUT2D eigenvalue weighted by molar-refractivity contribution is 6.01. The van der Waals surface area contributed by atoms with E-state index in [0.717, 1.165) is 0 Å². The Bertz CT molecular complexity index is 3570. The molecule has 41 nitrogen and oxygen atoms in total. The molecule has 0 fully saturated rings. The molecule has 0 aliphatic carbocycles. The van der Waals surface area contributed by atoms with Crippen LogP contribution in [-0.4, -0.2) is 243 Å². The molecule has 0 bridgehead atoms. The van der Waals surface area contributed by atoms with Crippen molar-refractivity contribution in [3.8, 4) is 0 Å². The van der Waals surface area contributed by atoms with Gasteiger partial charge in [0.05, 0.1) is 13.1 Å². The summed E-state index contributed by atoms with van der Waals surface area (Å²) in [6.07, 6.45) is 5.88. The second-order valence-corrected chi connectivity index (χ2v) is 39.7. The van der Waals surface area contributed by atoms with Crippen molar-refractivity contribution in [2.75, 3.05) is 52.4 Å². The fourth-order valence-electron chi connectivity index (χ4n) is 15.2. The highest BCUT2D eigenvalue weighted by Crippen LogP contribution is 2.20. The van der Waals surface area contributed by atoms with Gasteiger partial charge in [0.1, 0.15) is 90.6 Å². The molecule has 0 aliphatic heterocycles. The van der Waals surface area contributed by atoms with Gasteiger partial charge in [-0.1, -0.05) is 125 Å². The summed E-state index contributed by atoms with van der Waals surface area (Å²) in [6, 6.07) is -18.8. The molecule has 0 saturated carbocycles. The van der Waals surface area contributed by atoms with Crippen LogP contribution >= 0.6 is 0 Å². The molecule has 0 aromatic heterocycles. The lowest BCUT2D eigenvalue weighted by atomic mass is 9.98. The average Bonchev–Trinajstić information content (AvgIpc) is 0.850. The number of amides is 17. The van der Waals surface area contributed by atoms with Gasteiger partial charge in [0, 0.05) is 0 Å². The number of rotatable bonds is 75. The summed E-state index contributed by atoms with van der Waals surface area (Å²) in [7, 11) is 0. The van der Waals surface area contributed by atoms with E-state index in [1.54, 1.807) is 0 Å². The third-order valence-electron chi connectivity index (χ3n) is 22.2. The van der Waals surface area contributed by atoms with E-state index in [-0.39, 0.29) is 195 Å². The molecule has 0 aliphatic rings. The van der Waals surface area contributed by atoms with E-state index < -0.39 is 198 Å². The van der Waals surface area contributed by atoms with Crippen molar-refractivity contribution in [1.29, 1.82) is 0 Å². The van der Waals surface area contributed by atoms with Crippen LogP contribution in [0.2, 0.25) is 0 Å². The molecule has 0 aromatic carbocycles. The van der Waals surface area contributed by atoms with Crippen LogP contribution in [0.25, 0.3) is 0 Å². The van der Waals surface area contributed by atoms with Crippen LogP contribution in [0.15, 0.2) is 0 Å². The van der Waals surface area contributed by atoms with Gasteiger partial charge in [-0.3, -0.25) is 81.5 Å². The first-order valence-corrected chi connectivity index (χ1v) is 49.5. The van der Waals surface area contributed by atoms with Crippen molar-refractivity contribution < 1.29 is 81.5 Å². The molecule has 0 spiro atoms. The molecule has 135 heavy (non-hydrogen) atoms. The van der Waals surface area contributed by atoms with E-state index in [9.17, 15) is 81.5 Å². The number of hydrogen-bond acceptors (Lipinski definition) is 24. The Hall–Kier alpha value is -9.29. The summed E-state index contributed by atoms with van der Waals surface area (Å²) in [5, 5.41) is 44.3. The molecule has 0 unspecified atom stereocenters. The standard InChI is InChI=1S/C94H180N24O17/c1-54(2)43-69(80(102)121)111-91(132)74(48-59(11)12)112-86(127)68(36-24-30-42-100)110-90(131)73(47-58(9)10)118-93(134)76(50-61(15)16)114-84(125)66(34-22-28-40-98)106-81(122)63(31-19-25-37-95)108-88(129)71(45-56(5)6)116-92(133)75(49-60(13)14)113-83(124)65(33-21-27-39-97)105-82(123)64(32-20-26-38-96)109-89(130)72(46-57(7)8)117-94(135)77(51-62(17)18)115-85(126)67(35-23-29-41-99)107-87(128)70(44-55(3)4)104-79(120)53-103-78(119)52-101/h54-77H,19-53,95-101H2,1-18H3,(H2,102,121)(H,103,119)(H,104,120)(H,105,123)(H,106,122)(H,107,128)(H,108,129)(H,109,130)(H,110,131)(H,111,132)(H,112,127)(H,113,124)(H,114,125)(H,115,126)(H,116,133)(H,117,135)(H,118,134)/t63-,64+,65-,66+,67+,68-,69+,70+,71-,72+,73+,74+,75+,76+,77-/m1/s1. The average molecular weight is 1920 g/mol. The molecule has 17 amide bonds. The van der Waals surface area contributed by atoms with Crippen LogP contribution in [0.5, 0.6) is 0 Å². The van der Waals surface area contributed by atoms with Crippen molar-refractivity contribution in [2.24, 2.45) is 99.1 Å². The van der Waals surface area contributed by atoms with Crippen LogP contribution in [0, 0.1) is 53.3 Å². The summed E-state index contributed by atoms with van der Waals surface area (Å²) < 4.78 is 0. The van der Waals surface area contributed by atoms with Crippen molar-refractivity contribution in [3.63, 3.8) is 0 Å². The maximum absolute atomic E-state index is 15.0. The maximum Gasteiger partial charge on any atom is 0.243 e.